The Balaban J connectivity index is 2.36. The summed E-state index contributed by atoms with van der Waals surface area (Å²) in [4.78, 5) is 13.1. The highest BCUT2D eigenvalue weighted by Gasteiger charge is 2.27. The molecule has 1 saturated heterocycles. The summed E-state index contributed by atoms with van der Waals surface area (Å²) in [5.41, 5.74) is 0. The van der Waals surface area contributed by atoms with Crippen LogP contribution in [0.25, 0.3) is 0 Å². The first-order valence-electron chi connectivity index (χ1n) is 4.20. The second-order valence-electron chi connectivity index (χ2n) is 3.06. The summed E-state index contributed by atoms with van der Waals surface area (Å²) in [5.74, 6) is 0.847. The highest BCUT2D eigenvalue weighted by atomic mass is 16.2. The quantitative estimate of drug-likeness (QED) is 0.627. The minimum Gasteiger partial charge on any atom is -0.343 e. The Morgan fingerprint density at radius 2 is 2.45 bits per heavy atom. The third-order valence-corrected chi connectivity index (χ3v) is 2.17. The molecular weight excluding hydrogens is 140 g/mol. The second-order valence-corrected chi connectivity index (χ2v) is 3.06. The van der Waals surface area contributed by atoms with Crippen LogP contribution in [0.15, 0.2) is 0 Å². The molecule has 1 aliphatic heterocycles. The molecular formula is C8H16N2O. The lowest BCUT2D eigenvalue weighted by Crippen LogP contribution is -2.26. The van der Waals surface area contributed by atoms with E-state index in [2.05, 4.69) is 5.32 Å². The van der Waals surface area contributed by atoms with Gasteiger partial charge in [0, 0.05) is 19.5 Å². The van der Waals surface area contributed by atoms with Crippen molar-refractivity contribution in [3.05, 3.63) is 0 Å². The van der Waals surface area contributed by atoms with Gasteiger partial charge in [0.1, 0.15) is 0 Å². The number of rotatable bonds is 3. The second kappa shape index (κ2) is 3.72. The van der Waals surface area contributed by atoms with Gasteiger partial charge in [0.2, 0.25) is 5.91 Å². The van der Waals surface area contributed by atoms with Gasteiger partial charge in [-0.1, -0.05) is 0 Å². The summed E-state index contributed by atoms with van der Waals surface area (Å²) in [6.45, 7) is 4.79. The molecule has 1 aliphatic rings. The summed E-state index contributed by atoms with van der Waals surface area (Å²) >= 11 is 0. The lowest BCUT2D eigenvalue weighted by molar-refractivity contribution is -0.127. The number of carbonyl (C=O) groups excluding carboxylic acids is 1. The van der Waals surface area contributed by atoms with Crippen LogP contribution in [0.2, 0.25) is 0 Å². The third kappa shape index (κ3) is 1.93. The maximum atomic E-state index is 11.2. The molecule has 1 heterocycles. The van der Waals surface area contributed by atoms with Crippen molar-refractivity contribution in [1.29, 1.82) is 0 Å². The number of amides is 1. The van der Waals surface area contributed by atoms with Crippen LogP contribution >= 0.6 is 0 Å². The predicted molar refractivity (Wildman–Crippen MR) is 44.3 cm³/mol. The van der Waals surface area contributed by atoms with Gasteiger partial charge in [-0.2, -0.15) is 0 Å². The zero-order valence-corrected chi connectivity index (χ0v) is 7.26. The van der Waals surface area contributed by atoms with Crippen molar-refractivity contribution in [3.8, 4) is 0 Å². The van der Waals surface area contributed by atoms with Gasteiger partial charge in [0.25, 0.3) is 0 Å². The smallest absolute Gasteiger partial charge is 0.222 e. The van der Waals surface area contributed by atoms with E-state index < -0.39 is 0 Å². The number of nitrogens with zero attached hydrogens (tertiary/aromatic N) is 1. The fraction of sp³-hybridized carbons (Fsp3) is 0.875. The van der Waals surface area contributed by atoms with E-state index in [9.17, 15) is 4.79 Å². The molecule has 0 aromatic heterocycles. The molecule has 0 aromatic rings. The number of hydrogen-bond donors (Lipinski definition) is 1. The fourth-order valence-corrected chi connectivity index (χ4v) is 1.58. The highest BCUT2D eigenvalue weighted by Crippen LogP contribution is 2.15. The van der Waals surface area contributed by atoms with Crippen LogP contribution in [0.3, 0.4) is 0 Å². The molecule has 11 heavy (non-hydrogen) atoms. The maximum absolute atomic E-state index is 11.2. The molecule has 0 unspecified atom stereocenters. The highest BCUT2D eigenvalue weighted by molar-refractivity contribution is 5.78. The van der Waals surface area contributed by atoms with Gasteiger partial charge in [-0.15, -0.1) is 0 Å². The van der Waals surface area contributed by atoms with Crippen LogP contribution in [0.5, 0.6) is 0 Å². The van der Waals surface area contributed by atoms with E-state index in [0.717, 1.165) is 26.1 Å². The van der Waals surface area contributed by atoms with Crippen molar-refractivity contribution in [2.24, 2.45) is 5.92 Å². The van der Waals surface area contributed by atoms with Gasteiger partial charge < -0.3 is 10.2 Å². The van der Waals surface area contributed by atoms with Gasteiger partial charge >= 0.3 is 0 Å². The Morgan fingerprint density at radius 3 is 2.91 bits per heavy atom. The van der Waals surface area contributed by atoms with Crippen molar-refractivity contribution in [1.82, 2.24) is 10.2 Å². The molecule has 1 rings (SSSR count). The third-order valence-electron chi connectivity index (χ3n) is 2.17. The largest absolute Gasteiger partial charge is 0.343 e. The minimum absolute atomic E-state index is 0.313. The fourth-order valence-electron chi connectivity index (χ4n) is 1.58. The summed E-state index contributed by atoms with van der Waals surface area (Å²) < 4.78 is 0. The van der Waals surface area contributed by atoms with E-state index >= 15 is 0 Å². The monoisotopic (exact) mass is 156 g/mol. The van der Waals surface area contributed by atoms with E-state index in [1.807, 2.05) is 18.9 Å². The van der Waals surface area contributed by atoms with E-state index in [0.29, 0.717) is 11.8 Å². The van der Waals surface area contributed by atoms with Gasteiger partial charge in [-0.3, -0.25) is 4.79 Å². The van der Waals surface area contributed by atoms with Crippen molar-refractivity contribution in [2.75, 3.05) is 26.7 Å². The van der Waals surface area contributed by atoms with Crippen LogP contribution in [0.4, 0.5) is 0 Å². The van der Waals surface area contributed by atoms with Gasteiger partial charge in [0.15, 0.2) is 0 Å². The molecule has 64 valence electrons. The summed E-state index contributed by atoms with van der Waals surface area (Å²) in [6.07, 6.45) is 0.731. The summed E-state index contributed by atoms with van der Waals surface area (Å²) in [7, 11) is 1.93. The SMILES string of the molecule is CCN1C[C@H](CNC)CC1=O. The van der Waals surface area contributed by atoms with Crippen LogP contribution in [0.1, 0.15) is 13.3 Å². The Bertz CT molecular complexity index is 147. The Labute approximate surface area is 67.8 Å². The van der Waals surface area contributed by atoms with Gasteiger partial charge in [-0.25, -0.2) is 0 Å². The molecule has 0 saturated carbocycles. The van der Waals surface area contributed by atoms with E-state index in [4.69, 9.17) is 0 Å². The van der Waals surface area contributed by atoms with Crippen molar-refractivity contribution in [2.45, 2.75) is 13.3 Å². The molecule has 3 heteroatoms. The average Bonchev–Trinajstić information content (AvgIpc) is 2.32. The zero-order chi connectivity index (χ0) is 8.27. The number of carbonyl (C=O) groups is 1. The van der Waals surface area contributed by atoms with E-state index in [-0.39, 0.29) is 0 Å². The maximum Gasteiger partial charge on any atom is 0.222 e. The normalized spacial score (nSPS) is 24.7. The molecule has 1 N–H and O–H groups in total. The van der Waals surface area contributed by atoms with Crippen LogP contribution < -0.4 is 5.32 Å². The first-order chi connectivity index (χ1) is 5.27. The Hall–Kier alpha value is -0.570. The topological polar surface area (TPSA) is 32.3 Å². The van der Waals surface area contributed by atoms with Crippen molar-refractivity contribution >= 4 is 5.91 Å². The molecule has 0 spiro atoms. The molecule has 1 amide bonds. The van der Waals surface area contributed by atoms with Crippen molar-refractivity contribution in [3.63, 3.8) is 0 Å². The standard InChI is InChI=1S/C8H16N2O/c1-3-10-6-7(5-9-2)4-8(10)11/h7,9H,3-6H2,1-2H3/t7-/m0/s1. The van der Waals surface area contributed by atoms with Crippen LogP contribution in [-0.2, 0) is 4.79 Å². The Kier molecular flexibility index (Phi) is 2.88. The summed E-state index contributed by atoms with van der Waals surface area (Å²) in [6, 6.07) is 0. The van der Waals surface area contributed by atoms with E-state index in [1.54, 1.807) is 0 Å². The van der Waals surface area contributed by atoms with Crippen LogP contribution in [-0.4, -0.2) is 37.5 Å². The van der Waals surface area contributed by atoms with E-state index in [1.165, 1.54) is 0 Å². The zero-order valence-electron chi connectivity index (χ0n) is 7.26. The molecule has 1 atom stereocenters. The molecule has 1 fully saturated rings. The lowest BCUT2D eigenvalue weighted by atomic mass is 10.1. The van der Waals surface area contributed by atoms with Crippen LogP contribution in [0, 0.1) is 5.92 Å². The number of nitrogens with one attached hydrogen (secondary N) is 1. The number of hydrogen-bond acceptors (Lipinski definition) is 2. The minimum atomic E-state index is 0.313. The van der Waals surface area contributed by atoms with Gasteiger partial charge in [0.05, 0.1) is 0 Å². The molecule has 0 radical (unpaired) electrons. The summed E-state index contributed by atoms with van der Waals surface area (Å²) in [5, 5.41) is 3.10. The van der Waals surface area contributed by atoms with Crippen molar-refractivity contribution < 1.29 is 4.79 Å². The average molecular weight is 156 g/mol. The van der Waals surface area contributed by atoms with Gasteiger partial charge in [-0.05, 0) is 26.4 Å². The lowest BCUT2D eigenvalue weighted by Gasteiger charge is -2.12. The molecule has 0 bridgehead atoms. The number of likely N-dealkylation sites (tertiary alicyclic amines) is 1. The first-order valence-corrected chi connectivity index (χ1v) is 4.20. The molecule has 0 aromatic carbocycles. The first kappa shape index (κ1) is 8.53. The predicted octanol–water partition coefficient (Wildman–Crippen LogP) is 0.0742. The molecule has 3 nitrogen and oxygen atoms in total. The molecule has 0 aliphatic carbocycles. The Morgan fingerprint density at radius 1 is 1.73 bits per heavy atom.